The molecule has 1 amide bonds. The Labute approximate surface area is 176 Å². The second-order valence-electron chi connectivity index (χ2n) is 7.56. The molecule has 31 heavy (non-hydrogen) atoms. The maximum absolute atomic E-state index is 13.8. The number of carbonyl (C=O) groups excluding carboxylic acids is 1. The van der Waals surface area contributed by atoms with Crippen molar-refractivity contribution in [3.05, 3.63) is 41.9 Å². The summed E-state index contributed by atoms with van der Waals surface area (Å²) < 4.78 is 21.0. The van der Waals surface area contributed by atoms with E-state index < -0.39 is 5.82 Å². The van der Waals surface area contributed by atoms with Crippen LogP contribution in [0.5, 0.6) is 5.75 Å². The molecule has 0 atom stereocenters. The van der Waals surface area contributed by atoms with Crippen molar-refractivity contribution in [3.8, 4) is 11.8 Å². The van der Waals surface area contributed by atoms with Gasteiger partial charge in [-0.25, -0.2) is 14.4 Å². The quantitative estimate of drug-likeness (QED) is 0.605. The first-order valence-electron chi connectivity index (χ1n) is 10.0. The molecule has 1 fully saturated rings. The number of nitriles is 1. The Balaban J connectivity index is 1.28. The Hall–Kier alpha value is -3.81. The van der Waals surface area contributed by atoms with E-state index in [1.807, 2.05) is 4.90 Å². The number of rotatable bonds is 2. The third-order valence-electron chi connectivity index (χ3n) is 5.74. The van der Waals surface area contributed by atoms with Crippen LogP contribution in [0.15, 0.2) is 24.9 Å². The van der Waals surface area contributed by atoms with Crippen LogP contribution in [0, 0.1) is 23.1 Å². The van der Waals surface area contributed by atoms with Crippen molar-refractivity contribution in [1.29, 1.82) is 5.26 Å². The molecule has 0 spiro atoms. The van der Waals surface area contributed by atoms with Crippen LogP contribution < -0.4 is 9.64 Å². The lowest BCUT2D eigenvalue weighted by Crippen LogP contribution is -2.43. The van der Waals surface area contributed by atoms with Gasteiger partial charge in [0.1, 0.15) is 30.3 Å². The van der Waals surface area contributed by atoms with Gasteiger partial charge in [0, 0.05) is 37.0 Å². The standard InChI is InChI=1S/C20H19FN8O2/c21-16-10-24-20(29-18(16)25-12-26-29)27-3-1-13(2-4-27)19(30)28-5-6-31-17-14(7-22)8-23-9-15(17)11-28/h8-10,12-13H,1-6,11H2. The second-order valence-corrected chi connectivity index (χ2v) is 7.56. The highest BCUT2D eigenvalue weighted by molar-refractivity contribution is 5.79. The average molecular weight is 422 g/mol. The number of halogens is 1. The summed E-state index contributed by atoms with van der Waals surface area (Å²) in [4.78, 5) is 29.2. The van der Waals surface area contributed by atoms with E-state index in [1.165, 1.54) is 17.0 Å². The predicted octanol–water partition coefficient (Wildman–Crippen LogP) is 1.17. The lowest BCUT2D eigenvalue weighted by Gasteiger charge is -2.34. The molecule has 10 nitrogen and oxygen atoms in total. The number of hydrogen-bond acceptors (Lipinski definition) is 8. The van der Waals surface area contributed by atoms with Crippen molar-refractivity contribution in [2.45, 2.75) is 19.4 Å². The van der Waals surface area contributed by atoms with E-state index in [0.717, 1.165) is 11.8 Å². The first kappa shape index (κ1) is 19.2. The van der Waals surface area contributed by atoms with Crippen LogP contribution in [0.1, 0.15) is 24.0 Å². The molecular weight excluding hydrogens is 403 g/mol. The van der Waals surface area contributed by atoms with Gasteiger partial charge in [0.25, 0.3) is 0 Å². The smallest absolute Gasteiger partial charge is 0.228 e. The van der Waals surface area contributed by atoms with Gasteiger partial charge in [-0.2, -0.15) is 14.9 Å². The molecule has 0 unspecified atom stereocenters. The molecule has 0 aliphatic carbocycles. The maximum atomic E-state index is 13.8. The zero-order valence-corrected chi connectivity index (χ0v) is 16.6. The fourth-order valence-corrected chi connectivity index (χ4v) is 4.16. The molecule has 0 aromatic carbocycles. The molecular formula is C20H19FN8O2. The van der Waals surface area contributed by atoms with E-state index in [2.05, 4.69) is 26.1 Å². The van der Waals surface area contributed by atoms with Crippen LogP contribution in [-0.2, 0) is 11.3 Å². The van der Waals surface area contributed by atoms with Gasteiger partial charge >= 0.3 is 0 Å². The van der Waals surface area contributed by atoms with E-state index in [1.54, 1.807) is 11.1 Å². The SMILES string of the molecule is N#Cc1cncc2c1OCCN(C(=O)C1CCN(c3ncc(F)c4ncnn34)CC1)C2. The number of piperidine rings is 1. The van der Waals surface area contributed by atoms with Crippen molar-refractivity contribution in [3.63, 3.8) is 0 Å². The minimum absolute atomic E-state index is 0.0661. The van der Waals surface area contributed by atoms with Crippen LogP contribution in [0.2, 0.25) is 0 Å². The number of anilines is 1. The summed E-state index contributed by atoms with van der Waals surface area (Å²) in [5.41, 5.74) is 1.26. The highest BCUT2D eigenvalue weighted by Gasteiger charge is 2.31. The minimum Gasteiger partial charge on any atom is -0.490 e. The van der Waals surface area contributed by atoms with E-state index in [4.69, 9.17) is 4.74 Å². The highest BCUT2D eigenvalue weighted by atomic mass is 19.1. The first-order chi connectivity index (χ1) is 15.2. The fraction of sp³-hybridized carbons (Fsp3) is 0.400. The molecule has 5 rings (SSSR count). The summed E-state index contributed by atoms with van der Waals surface area (Å²) in [6, 6.07) is 2.09. The zero-order chi connectivity index (χ0) is 21.4. The van der Waals surface area contributed by atoms with E-state index in [-0.39, 0.29) is 17.5 Å². The van der Waals surface area contributed by atoms with Gasteiger partial charge in [0.05, 0.1) is 19.3 Å². The number of amides is 1. The Morgan fingerprint density at radius 1 is 1.19 bits per heavy atom. The summed E-state index contributed by atoms with van der Waals surface area (Å²) in [6.45, 7) is 2.36. The molecule has 1 saturated heterocycles. The van der Waals surface area contributed by atoms with Gasteiger partial charge in [-0.05, 0) is 12.8 Å². The van der Waals surface area contributed by atoms with Gasteiger partial charge in [-0.15, -0.1) is 0 Å². The number of ether oxygens (including phenoxy) is 1. The highest BCUT2D eigenvalue weighted by Crippen LogP contribution is 2.29. The molecule has 11 heteroatoms. The normalized spacial score (nSPS) is 17.0. The number of pyridine rings is 1. The molecule has 0 N–H and O–H groups in total. The summed E-state index contributed by atoms with van der Waals surface area (Å²) in [5.74, 6) is 0.450. The summed E-state index contributed by atoms with van der Waals surface area (Å²) in [7, 11) is 0. The summed E-state index contributed by atoms with van der Waals surface area (Å²) >= 11 is 0. The molecule has 0 saturated carbocycles. The van der Waals surface area contributed by atoms with Crippen molar-refractivity contribution >= 4 is 17.5 Å². The van der Waals surface area contributed by atoms with E-state index in [9.17, 15) is 14.4 Å². The summed E-state index contributed by atoms with van der Waals surface area (Å²) in [6.07, 6.45) is 6.86. The van der Waals surface area contributed by atoms with Crippen LogP contribution in [0.4, 0.5) is 10.3 Å². The van der Waals surface area contributed by atoms with Crippen LogP contribution in [0.25, 0.3) is 5.65 Å². The van der Waals surface area contributed by atoms with Gasteiger partial charge in [-0.3, -0.25) is 9.78 Å². The molecule has 158 valence electrons. The van der Waals surface area contributed by atoms with E-state index >= 15 is 0 Å². The summed E-state index contributed by atoms with van der Waals surface area (Å²) in [5, 5.41) is 13.3. The number of fused-ring (bicyclic) bond motifs is 2. The Kier molecular flexibility index (Phi) is 4.82. The first-order valence-corrected chi connectivity index (χ1v) is 10.0. The number of aromatic nitrogens is 5. The Morgan fingerprint density at radius 3 is 2.84 bits per heavy atom. The lowest BCUT2D eigenvalue weighted by molar-refractivity contribution is -0.137. The molecule has 5 heterocycles. The van der Waals surface area contributed by atoms with Crippen LogP contribution in [0.3, 0.4) is 0 Å². The second kappa shape index (κ2) is 7.79. The minimum atomic E-state index is -0.524. The number of carbonyl (C=O) groups is 1. The molecule has 3 aromatic rings. The largest absolute Gasteiger partial charge is 0.490 e. The van der Waals surface area contributed by atoms with Crippen molar-refractivity contribution in [2.24, 2.45) is 5.92 Å². The topological polar surface area (TPSA) is 113 Å². The van der Waals surface area contributed by atoms with Crippen LogP contribution >= 0.6 is 0 Å². The average Bonchev–Trinajstić information content (AvgIpc) is 3.20. The number of hydrogen-bond donors (Lipinski definition) is 0. The molecule has 2 aliphatic heterocycles. The molecule has 3 aromatic heterocycles. The van der Waals surface area contributed by atoms with Gasteiger partial charge < -0.3 is 14.5 Å². The monoisotopic (exact) mass is 422 g/mol. The number of nitrogens with zero attached hydrogens (tertiary/aromatic N) is 8. The Bertz CT molecular complexity index is 1180. The lowest BCUT2D eigenvalue weighted by atomic mass is 9.95. The van der Waals surface area contributed by atoms with Crippen molar-refractivity contribution in [2.75, 3.05) is 31.1 Å². The van der Waals surface area contributed by atoms with Crippen LogP contribution in [-0.4, -0.2) is 61.6 Å². The third-order valence-corrected chi connectivity index (χ3v) is 5.74. The van der Waals surface area contributed by atoms with E-state index in [0.29, 0.717) is 62.9 Å². The maximum Gasteiger partial charge on any atom is 0.228 e. The van der Waals surface area contributed by atoms with Gasteiger partial charge in [0.2, 0.25) is 11.9 Å². The molecule has 0 bridgehead atoms. The zero-order valence-electron chi connectivity index (χ0n) is 16.6. The van der Waals surface area contributed by atoms with Crippen molar-refractivity contribution < 1.29 is 13.9 Å². The molecule has 2 aliphatic rings. The fourth-order valence-electron chi connectivity index (χ4n) is 4.16. The molecule has 0 radical (unpaired) electrons. The van der Waals surface area contributed by atoms with Gasteiger partial charge in [0.15, 0.2) is 11.5 Å². The van der Waals surface area contributed by atoms with Crippen molar-refractivity contribution in [1.82, 2.24) is 29.5 Å². The van der Waals surface area contributed by atoms with Gasteiger partial charge in [-0.1, -0.05) is 0 Å². The third kappa shape index (κ3) is 3.39. The predicted molar refractivity (Wildman–Crippen MR) is 106 cm³/mol. The Morgan fingerprint density at radius 2 is 2.03 bits per heavy atom.